The van der Waals surface area contributed by atoms with Crippen LogP contribution in [0.3, 0.4) is 0 Å². The third-order valence-electron chi connectivity index (χ3n) is 2.77. The van der Waals surface area contributed by atoms with Gasteiger partial charge in [0.05, 0.1) is 5.92 Å². The van der Waals surface area contributed by atoms with Gasteiger partial charge in [-0.3, -0.25) is 9.59 Å². The lowest BCUT2D eigenvalue weighted by molar-refractivity contribution is -0.138. The minimum atomic E-state index is -0.700. The Balaban J connectivity index is 2.61. The third-order valence-corrected chi connectivity index (χ3v) is 2.77. The van der Waals surface area contributed by atoms with E-state index in [0.717, 1.165) is 6.42 Å². The molecule has 19 heavy (non-hydrogen) atoms. The van der Waals surface area contributed by atoms with Gasteiger partial charge < -0.3 is 15.2 Å². The van der Waals surface area contributed by atoms with Crippen molar-refractivity contribution in [2.24, 2.45) is 11.7 Å². The molecule has 0 heterocycles. The first-order valence-corrected chi connectivity index (χ1v) is 6.21. The summed E-state index contributed by atoms with van der Waals surface area (Å²) < 4.78 is 10.5. The number of ether oxygens (including phenoxy) is 2. The van der Waals surface area contributed by atoms with Crippen LogP contribution in [0, 0.1) is 5.92 Å². The van der Waals surface area contributed by atoms with Crippen LogP contribution in [0.5, 0.6) is 11.5 Å². The predicted molar refractivity (Wildman–Crippen MR) is 70.8 cm³/mol. The van der Waals surface area contributed by atoms with Crippen LogP contribution < -0.4 is 15.2 Å². The highest BCUT2D eigenvalue weighted by molar-refractivity contribution is 5.78. The van der Waals surface area contributed by atoms with Crippen LogP contribution in [-0.2, 0) is 9.59 Å². The van der Waals surface area contributed by atoms with Crippen LogP contribution in [-0.4, -0.2) is 18.0 Å². The second-order valence-electron chi connectivity index (χ2n) is 4.36. The smallest absolute Gasteiger partial charge is 0.314 e. The molecule has 0 spiro atoms. The Bertz CT molecular complexity index is 441. The number of amides is 1. The third kappa shape index (κ3) is 4.62. The number of nitrogens with two attached hydrogens (primary N) is 1. The van der Waals surface area contributed by atoms with E-state index in [1.54, 1.807) is 31.2 Å². The molecule has 0 aliphatic rings. The Morgan fingerprint density at radius 3 is 2.16 bits per heavy atom. The summed E-state index contributed by atoms with van der Waals surface area (Å²) in [7, 11) is 0. The van der Waals surface area contributed by atoms with Gasteiger partial charge in [-0.15, -0.1) is 0 Å². The van der Waals surface area contributed by atoms with E-state index in [1.165, 1.54) is 0 Å². The number of benzene rings is 1. The van der Waals surface area contributed by atoms with Crippen molar-refractivity contribution in [1.82, 2.24) is 0 Å². The average Bonchev–Trinajstić information content (AvgIpc) is 2.39. The number of esters is 1. The first-order chi connectivity index (χ1) is 8.93. The quantitative estimate of drug-likeness (QED) is 0.629. The number of carbonyl (C=O) groups excluding carboxylic acids is 2. The number of carbonyl (C=O) groups is 2. The Kier molecular flexibility index (Phi) is 5.36. The highest BCUT2D eigenvalue weighted by Crippen LogP contribution is 2.19. The Morgan fingerprint density at radius 2 is 1.68 bits per heavy atom. The first kappa shape index (κ1) is 15.0. The molecule has 0 saturated carbocycles. The lowest BCUT2D eigenvalue weighted by Crippen LogP contribution is -2.30. The second-order valence-corrected chi connectivity index (χ2v) is 4.36. The molecule has 0 fully saturated rings. The van der Waals surface area contributed by atoms with E-state index in [2.05, 4.69) is 0 Å². The van der Waals surface area contributed by atoms with Crippen molar-refractivity contribution in [2.45, 2.75) is 33.3 Å². The zero-order valence-electron chi connectivity index (χ0n) is 11.4. The summed E-state index contributed by atoms with van der Waals surface area (Å²) in [5.41, 5.74) is 5.09. The average molecular weight is 265 g/mol. The van der Waals surface area contributed by atoms with Crippen LogP contribution in [0.1, 0.15) is 27.2 Å². The summed E-state index contributed by atoms with van der Waals surface area (Å²) >= 11 is 0. The fourth-order valence-corrected chi connectivity index (χ4v) is 1.23. The monoisotopic (exact) mass is 265 g/mol. The van der Waals surface area contributed by atoms with Crippen LogP contribution in [0.2, 0.25) is 0 Å². The number of hydrogen-bond donors (Lipinski definition) is 1. The fraction of sp³-hybridized carbons (Fsp3) is 0.429. The van der Waals surface area contributed by atoms with Gasteiger partial charge in [0.1, 0.15) is 11.5 Å². The largest absolute Gasteiger partial charge is 0.481 e. The van der Waals surface area contributed by atoms with Crippen LogP contribution >= 0.6 is 0 Å². The van der Waals surface area contributed by atoms with E-state index in [4.69, 9.17) is 15.2 Å². The molecule has 0 aliphatic heterocycles. The molecule has 5 heteroatoms. The summed E-state index contributed by atoms with van der Waals surface area (Å²) in [6, 6.07) is 6.48. The molecule has 2 atom stereocenters. The number of primary amides is 1. The van der Waals surface area contributed by atoms with E-state index in [1.807, 2.05) is 13.8 Å². The van der Waals surface area contributed by atoms with Crippen molar-refractivity contribution < 1.29 is 19.1 Å². The van der Waals surface area contributed by atoms with Crippen LogP contribution in [0.15, 0.2) is 24.3 Å². The molecule has 0 radical (unpaired) electrons. The van der Waals surface area contributed by atoms with Crippen molar-refractivity contribution >= 4 is 11.9 Å². The molecule has 0 aliphatic carbocycles. The molecular formula is C14H19NO4. The van der Waals surface area contributed by atoms with Crippen LogP contribution in [0.4, 0.5) is 0 Å². The van der Waals surface area contributed by atoms with Crippen molar-refractivity contribution in [3.63, 3.8) is 0 Å². The zero-order chi connectivity index (χ0) is 14.4. The maximum Gasteiger partial charge on any atom is 0.314 e. The molecule has 104 valence electrons. The molecule has 0 saturated heterocycles. The maximum atomic E-state index is 11.6. The summed E-state index contributed by atoms with van der Waals surface area (Å²) in [5, 5.41) is 0. The number of hydrogen-bond acceptors (Lipinski definition) is 4. The summed E-state index contributed by atoms with van der Waals surface area (Å²) in [6.07, 6.45) is 0.0318. The van der Waals surface area contributed by atoms with Gasteiger partial charge in [-0.2, -0.15) is 0 Å². The number of rotatable bonds is 6. The van der Waals surface area contributed by atoms with Crippen molar-refractivity contribution in [3.8, 4) is 11.5 Å². The molecule has 0 aromatic heterocycles. The Hall–Kier alpha value is -2.04. The van der Waals surface area contributed by atoms with Crippen molar-refractivity contribution in [3.05, 3.63) is 24.3 Å². The standard InChI is InChI=1S/C14H19NO4/c1-4-9(2)14(17)19-12-7-5-11(6-8-12)18-10(3)13(15)16/h5-10H,4H2,1-3H3,(H2,15,16)/t9-,10+/m1/s1. The van der Waals surface area contributed by atoms with Crippen LogP contribution in [0.25, 0.3) is 0 Å². The van der Waals surface area contributed by atoms with Gasteiger partial charge in [-0.05, 0) is 37.6 Å². The summed E-state index contributed by atoms with van der Waals surface area (Å²) in [5.74, 6) is 0.0128. The normalized spacial score (nSPS) is 13.4. The van der Waals surface area contributed by atoms with Gasteiger partial charge in [0.2, 0.25) is 0 Å². The molecule has 0 bridgehead atoms. The Morgan fingerprint density at radius 1 is 1.16 bits per heavy atom. The van der Waals surface area contributed by atoms with Gasteiger partial charge in [-0.25, -0.2) is 0 Å². The van der Waals surface area contributed by atoms with E-state index >= 15 is 0 Å². The Labute approximate surface area is 112 Å². The minimum absolute atomic E-state index is 0.134. The van der Waals surface area contributed by atoms with Gasteiger partial charge in [0, 0.05) is 0 Å². The van der Waals surface area contributed by atoms with Gasteiger partial charge in [0.25, 0.3) is 5.91 Å². The molecule has 1 aromatic carbocycles. The SMILES string of the molecule is CC[C@@H](C)C(=O)Oc1ccc(O[C@@H](C)C(N)=O)cc1. The minimum Gasteiger partial charge on any atom is -0.481 e. The van der Waals surface area contributed by atoms with Gasteiger partial charge in [-0.1, -0.05) is 13.8 Å². The maximum absolute atomic E-state index is 11.6. The lowest BCUT2D eigenvalue weighted by atomic mass is 10.1. The predicted octanol–water partition coefficient (Wildman–Crippen LogP) is 1.89. The first-order valence-electron chi connectivity index (χ1n) is 6.21. The van der Waals surface area contributed by atoms with E-state index in [0.29, 0.717) is 11.5 Å². The van der Waals surface area contributed by atoms with E-state index < -0.39 is 12.0 Å². The second kappa shape index (κ2) is 6.78. The highest BCUT2D eigenvalue weighted by Gasteiger charge is 2.13. The molecule has 1 amide bonds. The molecule has 1 aromatic rings. The molecular weight excluding hydrogens is 246 g/mol. The van der Waals surface area contributed by atoms with Gasteiger partial charge in [0.15, 0.2) is 6.10 Å². The zero-order valence-corrected chi connectivity index (χ0v) is 11.4. The summed E-state index contributed by atoms with van der Waals surface area (Å²) in [4.78, 5) is 22.4. The highest BCUT2D eigenvalue weighted by atomic mass is 16.5. The molecule has 0 unspecified atom stereocenters. The fourth-order valence-electron chi connectivity index (χ4n) is 1.23. The van der Waals surface area contributed by atoms with E-state index in [-0.39, 0.29) is 11.9 Å². The van der Waals surface area contributed by atoms with Crippen molar-refractivity contribution in [1.29, 1.82) is 0 Å². The topological polar surface area (TPSA) is 78.6 Å². The van der Waals surface area contributed by atoms with Gasteiger partial charge >= 0.3 is 5.97 Å². The van der Waals surface area contributed by atoms with Crippen molar-refractivity contribution in [2.75, 3.05) is 0 Å². The lowest BCUT2D eigenvalue weighted by Gasteiger charge is -2.12. The molecule has 5 nitrogen and oxygen atoms in total. The summed E-state index contributed by atoms with van der Waals surface area (Å²) in [6.45, 7) is 5.31. The van der Waals surface area contributed by atoms with E-state index in [9.17, 15) is 9.59 Å². The molecule has 1 rings (SSSR count). The molecule has 2 N–H and O–H groups in total.